The highest BCUT2D eigenvalue weighted by molar-refractivity contribution is 7.07. The van der Waals surface area contributed by atoms with E-state index in [0.717, 1.165) is 11.1 Å². The fraction of sp³-hybridized carbons (Fsp3) is 0.0833. The lowest BCUT2D eigenvalue weighted by atomic mass is 10.2. The summed E-state index contributed by atoms with van der Waals surface area (Å²) in [5, 5.41) is 0. The molecule has 31 heavy (non-hydrogen) atoms. The second-order valence-corrected chi connectivity index (χ2v) is 7.68. The van der Waals surface area contributed by atoms with Gasteiger partial charge < -0.3 is 18.9 Å². The maximum absolute atomic E-state index is 12.3. The van der Waals surface area contributed by atoms with Gasteiger partial charge in [-0.05, 0) is 41.5 Å². The smallest absolute Gasteiger partial charge is 0.266 e. The molecule has 1 N–H and O–H groups in total. The molecular weight excluding hydrogens is 414 g/mol. The maximum atomic E-state index is 12.3. The van der Waals surface area contributed by atoms with E-state index in [2.05, 4.69) is 4.98 Å². The number of H-pyrrole nitrogens is 1. The summed E-state index contributed by atoms with van der Waals surface area (Å²) in [4.78, 5) is 27.2. The first-order valence-electron chi connectivity index (χ1n) is 9.47. The largest absolute Gasteiger partial charge is 0.493 e. The number of hydrogen-bond acceptors (Lipinski definition) is 6. The number of carbonyl (C=O) groups excluding carboxylic acids is 1. The number of thiazole rings is 1. The summed E-state index contributed by atoms with van der Waals surface area (Å²) in [6.45, 7) is 0.397. The molecule has 0 aliphatic rings. The third-order valence-corrected chi connectivity index (χ3v) is 5.39. The number of aromatic nitrogens is 1. The highest BCUT2D eigenvalue weighted by Gasteiger charge is 2.08. The van der Waals surface area contributed by atoms with E-state index in [0.29, 0.717) is 27.3 Å². The number of Topliss-reactive ketones (excluding diaryl/α,β-unsaturated/α-hetero) is 1. The Hall–Kier alpha value is -3.84. The molecule has 4 rings (SSSR count). The summed E-state index contributed by atoms with van der Waals surface area (Å²) in [5.41, 5.74) is 1.54. The summed E-state index contributed by atoms with van der Waals surface area (Å²) in [5.74, 6) is 1.09. The summed E-state index contributed by atoms with van der Waals surface area (Å²) in [6.07, 6.45) is 4.52. The van der Waals surface area contributed by atoms with Crippen molar-refractivity contribution in [1.82, 2.24) is 4.98 Å². The van der Waals surface area contributed by atoms with Crippen LogP contribution in [0.5, 0.6) is 11.5 Å². The van der Waals surface area contributed by atoms with Crippen LogP contribution >= 0.6 is 11.3 Å². The van der Waals surface area contributed by atoms with Crippen molar-refractivity contribution in [2.45, 2.75) is 6.61 Å². The van der Waals surface area contributed by atoms with Crippen LogP contribution in [0, 0.1) is 0 Å². The topological polar surface area (TPSA) is 81.5 Å². The number of methoxy groups -OCH3 is 1. The Morgan fingerprint density at radius 3 is 2.68 bits per heavy atom. The highest BCUT2D eigenvalue weighted by atomic mass is 32.1. The number of furan rings is 1. The van der Waals surface area contributed by atoms with Crippen molar-refractivity contribution in [2.24, 2.45) is 0 Å². The van der Waals surface area contributed by atoms with Gasteiger partial charge in [0.25, 0.3) is 5.56 Å². The number of hydrogen-bond donors (Lipinski definition) is 1. The van der Waals surface area contributed by atoms with E-state index in [-0.39, 0.29) is 17.1 Å². The Labute approximate surface area is 181 Å². The number of rotatable bonds is 7. The Bertz CT molecular complexity index is 1350. The minimum absolute atomic E-state index is 0.218. The maximum Gasteiger partial charge on any atom is 0.266 e. The van der Waals surface area contributed by atoms with Crippen molar-refractivity contribution in [1.29, 1.82) is 0 Å². The molecule has 0 amide bonds. The number of ether oxygens (including phenoxy) is 2. The van der Waals surface area contributed by atoms with Crippen LogP contribution in [0.1, 0.15) is 21.7 Å². The zero-order chi connectivity index (χ0) is 21.6. The molecule has 0 atom stereocenters. The fourth-order valence-corrected chi connectivity index (χ4v) is 3.80. The molecule has 0 spiro atoms. The van der Waals surface area contributed by atoms with Crippen molar-refractivity contribution < 1.29 is 18.7 Å². The standard InChI is InChI=1S/C24H19NO5S/c1-28-20-10-9-17(12-21(20)30-15-16-6-3-2-4-7-16)13-22-24(27)25-23(31-22)14-18(26)19-8-5-11-29-19/h2-14H,15H2,1H3,(H,25,27)/b22-13-,23-14-. The lowest BCUT2D eigenvalue weighted by molar-refractivity contribution is 0.103. The number of ketones is 1. The third kappa shape index (κ3) is 5.02. The molecular formula is C24H19NO5S. The summed E-state index contributed by atoms with van der Waals surface area (Å²) < 4.78 is 17.3. The molecule has 6 nitrogen and oxygen atoms in total. The number of benzene rings is 2. The molecule has 0 saturated heterocycles. The molecule has 7 heteroatoms. The first-order chi connectivity index (χ1) is 15.1. The average Bonchev–Trinajstić information content (AvgIpc) is 3.44. The van der Waals surface area contributed by atoms with E-state index >= 15 is 0 Å². The van der Waals surface area contributed by atoms with Crippen LogP contribution in [-0.4, -0.2) is 17.9 Å². The van der Waals surface area contributed by atoms with Crippen LogP contribution < -0.4 is 24.2 Å². The minimum atomic E-state index is -0.310. The zero-order valence-electron chi connectivity index (χ0n) is 16.7. The van der Waals surface area contributed by atoms with Gasteiger partial charge in [0.1, 0.15) is 6.61 Å². The van der Waals surface area contributed by atoms with E-state index in [9.17, 15) is 9.59 Å². The van der Waals surface area contributed by atoms with E-state index in [4.69, 9.17) is 13.9 Å². The van der Waals surface area contributed by atoms with Crippen LogP contribution in [-0.2, 0) is 6.61 Å². The van der Waals surface area contributed by atoms with Gasteiger partial charge in [-0.3, -0.25) is 9.59 Å². The molecule has 0 saturated carbocycles. The number of carbonyl (C=O) groups is 1. The Morgan fingerprint density at radius 1 is 1.10 bits per heavy atom. The number of nitrogens with one attached hydrogen (secondary N) is 1. The normalized spacial score (nSPS) is 12.2. The monoisotopic (exact) mass is 433 g/mol. The minimum Gasteiger partial charge on any atom is -0.493 e. The Balaban J connectivity index is 1.62. The van der Waals surface area contributed by atoms with Gasteiger partial charge in [0.15, 0.2) is 17.3 Å². The molecule has 4 aromatic rings. The first-order valence-corrected chi connectivity index (χ1v) is 10.3. The lowest BCUT2D eigenvalue weighted by Crippen LogP contribution is -2.20. The van der Waals surface area contributed by atoms with Crippen molar-refractivity contribution in [3.05, 3.63) is 103 Å². The second kappa shape index (κ2) is 9.32. The molecule has 0 aliphatic carbocycles. The van der Waals surface area contributed by atoms with Gasteiger partial charge in [-0.2, -0.15) is 0 Å². The molecule has 0 unspecified atom stereocenters. The van der Waals surface area contributed by atoms with E-state index in [1.165, 1.54) is 23.7 Å². The highest BCUT2D eigenvalue weighted by Crippen LogP contribution is 2.29. The molecule has 2 aromatic carbocycles. The van der Waals surface area contributed by atoms with Gasteiger partial charge in [0.05, 0.1) is 22.6 Å². The number of aromatic amines is 1. The van der Waals surface area contributed by atoms with Gasteiger partial charge in [-0.15, -0.1) is 11.3 Å². The molecule has 2 aromatic heterocycles. The Kier molecular flexibility index (Phi) is 6.14. The Morgan fingerprint density at radius 2 is 1.94 bits per heavy atom. The van der Waals surface area contributed by atoms with Crippen molar-refractivity contribution in [2.75, 3.05) is 7.11 Å². The van der Waals surface area contributed by atoms with E-state index < -0.39 is 0 Å². The van der Waals surface area contributed by atoms with Gasteiger partial charge >= 0.3 is 0 Å². The summed E-state index contributed by atoms with van der Waals surface area (Å²) in [7, 11) is 1.58. The van der Waals surface area contributed by atoms with Crippen LogP contribution in [0.15, 0.2) is 76.1 Å². The van der Waals surface area contributed by atoms with E-state index in [1.807, 2.05) is 42.5 Å². The third-order valence-electron chi connectivity index (χ3n) is 4.43. The molecule has 0 aliphatic heterocycles. The second-order valence-electron chi connectivity index (χ2n) is 6.60. The molecule has 0 fully saturated rings. The summed E-state index contributed by atoms with van der Waals surface area (Å²) in [6, 6.07) is 18.5. The summed E-state index contributed by atoms with van der Waals surface area (Å²) >= 11 is 1.19. The molecule has 0 bridgehead atoms. The van der Waals surface area contributed by atoms with Crippen LogP contribution in [0.3, 0.4) is 0 Å². The first kappa shape index (κ1) is 20.4. The van der Waals surface area contributed by atoms with Crippen molar-refractivity contribution in [3.8, 4) is 11.5 Å². The predicted octanol–water partition coefficient (Wildman–Crippen LogP) is 3.11. The van der Waals surface area contributed by atoms with Gasteiger partial charge in [0.2, 0.25) is 5.78 Å². The molecule has 2 heterocycles. The van der Waals surface area contributed by atoms with Gasteiger partial charge in [0, 0.05) is 6.08 Å². The SMILES string of the molecule is COc1ccc(/C=c2\s/c(=C\C(=O)c3ccco3)[nH]c2=O)cc1OCc1ccccc1. The molecule has 156 valence electrons. The average molecular weight is 433 g/mol. The van der Waals surface area contributed by atoms with Crippen LogP contribution in [0.4, 0.5) is 0 Å². The van der Waals surface area contributed by atoms with Gasteiger partial charge in [-0.1, -0.05) is 36.4 Å². The molecule has 0 radical (unpaired) electrons. The quantitative estimate of drug-likeness (QED) is 0.453. The van der Waals surface area contributed by atoms with Crippen molar-refractivity contribution >= 4 is 29.3 Å². The zero-order valence-corrected chi connectivity index (χ0v) is 17.5. The predicted molar refractivity (Wildman–Crippen MR) is 119 cm³/mol. The lowest BCUT2D eigenvalue weighted by Gasteiger charge is -2.11. The van der Waals surface area contributed by atoms with Crippen molar-refractivity contribution in [3.63, 3.8) is 0 Å². The van der Waals surface area contributed by atoms with Crippen LogP contribution in [0.2, 0.25) is 0 Å². The fourth-order valence-electron chi connectivity index (χ4n) is 2.92. The van der Waals surface area contributed by atoms with Crippen LogP contribution in [0.25, 0.3) is 12.2 Å². The van der Waals surface area contributed by atoms with Gasteiger partial charge in [-0.25, -0.2) is 0 Å². The van der Waals surface area contributed by atoms with E-state index in [1.54, 1.807) is 31.4 Å².